The lowest BCUT2D eigenvalue weighted by Crippen LogP contribution is -2.15. The van der Waals surface area contributed by atoms with Crippen LogP contribution in [0, 0.1) is 22.3 Å². The fourth-order valence-corrected chi connectivity index (χ4v) is 2.20. The third kappa shape index (κ3) is 3.06. The van der Waals surface area contributed by atoms with Crippen molar-refractivity contribution in [2.45, 2.75) is 6.92 Å². The maximum Gasteiger partial charge on any atom is 0.258 e. The number of carbonyl (C=O) groups is 1. The quantitative estimate of drug-likeness (QED) is 0.646. The normalized spacial score (nSPS) is 10.3. The third-order valence-corrected chi connectivity index (χ3v) is 3.20. The average Bonchev–Trinajstić information content (AvgIpc) is 2.36. The molecule has 0 fully saturated rings. The number of anilines is 1. The summed E-state index contributed by atoms with van der Waals surface area (Å²) >= 11 is 2.15. The molecule has 0 aliphatic carbocycles. The molecule has 0 saturated heterocycles. The average molecular weight is 374 g/mol. The molecule has 1 aromatic heterocycles. The van der Waals surface area contributed by atoms with Gasteiger partial charge in [-0.3, -0.25) is 4.79 Å². The topological polar surface area (TPSA) is 42.0 Å². The number of carbonyl (C=O) groups excluding carboxylic acids is 1. The minimum absolute atomic E-state index is 0.370. The summed E-state index contributed by atoms with van der Waals surface area (Å²) in [6.07, 6.45) is 1.05. The molecule has 0 atom stereocenters. The number of aromatic nitrogens is 1. The second-order valence-electron chi connectivity index (χ2n) is 3.88. The number of rotatable bonds is 2. The monoisotopic (exact) mass is 374 g/mol. The standard InChI is InChI=1S/C13H9F2IN2O/c1-7-6-8(16)2-3-10(7)18-13(19)9-4-5-17-12(15)11(9)14/h2-6H,1H3,(H,18,19). The number of nitrogens with one attached hydrogen (secondary N) is 1. The highest BCUT2D eigenvalue weighted by Gasteiger charge is 2.16. The minimum atomic E-state index is -1.29. The molecule has 1 amide bonds. The first-order valence-corrected chi connectivity index (χ1v) is 6.44. The van der Waals surface area contributed by atoms with Crippen molar-refractivity contribution < 1.29 is 13.6 Å². The van der Waals surface area contributed by atoms with E-state index in [1.54, 1.807) is 6.07 Å². The van der Waals surface area contributed by atoms with Crippen molar-refractivity contribution in [3.05, 3.63) is 56.9 Å². The van der Waals surface area contributed by atoms with Crippen molar-refractivity contribution >= 4 is 34.2 Å². The summed E-state index contributed by atoms with van der Waals surface area (Å²) in [5, 5.41) is 2.55. The Morgan fingerprint density at radius 3 is 2.74 bits per heavy atom. The van der Waals surface area contributed by atoms with E-state index in [2.05, 4.69) is 32.9 Å². The molecular weight excluding hydrogens is 365 g/mol. The predicted octanol–water partition coefficient (Wildman–Crippen LogP) is 3.53. The van der Waals surface area contributed by atoms with E-state index >= 15 is 0 Å². The van der Waals surface area contributed by atoms with Crippen LogP contribution in [0.25, 0.3) is 0 Å². The maximum absolute atomic E-state index is 13.4. The molecule has 0 saturated carbocycles. The second kappa shape index (κ2) is 5.60. The van der Waals surface area contributed by atoms with Gasteiger partial charge in [0.1, 0.15) is 0 Å². The van der Waals surface area contributed by atoms with E-state index < -0.39 is 17.7 Å². The number of pyridine rings is 1. The molecule has 0 unspecified atom stereocenters. The molecule has 2 aromatic rings. The molecule has 1 heterocycles. The van der Waals surface area contributed by atoms with Crippen molar-refractivity contribution in [1.82, 2.24) is 4.98 Å². The predicted molar refractivity (Wildman–Crippen MR) is 76.0 cm³/mol. The Balaban J connectivity index is 2.28. The summed E-state index contributed by atoms with van der Waals surface area (Å²) in [6.45, 7) is 1.82. The largest absolute Gasteiger partial charge is 0.322 e. The fraction of sp³-hybridized carbons (Fsp3) is 0.0769. The molecule has 1 aromatic carbocycles. The van der Waals surface area contributed by atoms with Gasteiger partial charge in [0.15, 0.2) is 5.82 Å². The number of nitrogens with zero attached hydrogens (tertiary/aromatic N) is 1. The first-order valence-electron chi connectivity index (χ1n) is 5.36. The fourth-order valence-electron chi connectivity index (χ4n) is 1.55. The molecule has 1 N–H and O–H groups in total. The van der Waals surface area contributed by atoms with Gasteiger partial charge < -0.3 is 5.32 Å². The van der Waals surface area contributed by atoms with Gasteiger partial charge in [0.2, 0.25) is 5.95 Å². The van der Waals surface area contributed by atoms with Crippen molar-refractivity contribution in [1.29, 1.82) is 0 Å². The number of amides is 1. The lowest BCUT2D eigenvalue weighted by atomic mass is 10.2. The second-order valence-corrected chi connectivity index (χ2v) is 5.12. The van der Waals surface area contributed by atoms with Crippen LogP contribution in [0.3, 0.4) is 0 Å². The Bertz CT molecular complexity index is 647. The molecule has 6 heteroatoms. The number of benzene rings is 1. The molecule has 0 bridgehead atoms. The molecular formula is C13H9F2IN2O. The Kier molecular flexibility index (Phi) is 4.08. The van der Waals surface area contributed by atoms with Crippen LogP contribution in [-0.2, 0) is 0 Å². The van der Waals surface area contributed by atoms with Crippen molar-refractivity contribution in [3.8, 4) is 0 Å². The lowest BCUT2D eigenvalue weighted by molar-refractivity contribution is 0.102. The van der Waals surface area contributed by atoms with Crippen LogP contribution in [-0.4, -0.2) is 10.9 Å². The molecule has 19 heavy (non-hydrogen) atoms. The zero-order chi connectivity index (χ0) is 14.0. The van der Waals surface area contributed by atoms with Crippen LogP contribution in [0.4, 0.5) is 14.5 Å². The Labute approximate surface area is 122 Å². The van der Waals surface area contributed by atoms with Crippen molar-refractivity contribution in [2.75, 3.05) is 5.32 Å². The summed E-state index contributed by atoms with van der Waals surface area (Å²) in [5.74, 6) is -3.24. The van der Waals surface area contributed by atoms with Gasteiger partial charge in [-0.05, 0) is 59.3 Å². The lowest BCUT2D eigenvalue weighted by Gasteiger charge is -2.09. The third-order valence-electron chi connectivity index (χ3n) is 2.53. The molecule has 98 valence electrons. The van der Waals surface area contributed by atoms with Gasteiger partial charge in [-0.25, -0.2) is 9.37 Å². The SMILES string of the molecule is Cc1cc(I)ccc1NC(=O)c1ccnc(F)c1F. The zero-order valence-electron chi connectivity index (χ0n) is 9.88. The van der Waals surface area contributed by atoms with Gasteiger partial charge in [-0.2, -0.15) is 4.39 Å². The van der Waals surface area contributed by atoms with E-state index in [0.717, 1.165) is 21.4 Å². The Hall–Kier alpha value is -1.57. The van der Waals surface area contributed by atoms with E-state index in [4.69, 9.17) is 0 Å². The van der Waals surface area contributed by atoms with Crippen LogP contribution < -0.4 is 5.32 Å². The van der Waals surface area contributed by atoms with Crippen molar-refractivity contribution in [3.63, 3.8) is 0 Å². The van der Waals surface area contributed by atoms with Gasteiger partial charge in [0.25, 0.3) is 5.91 Å². The smallest absolute Gasteiger partial charge is 0.258 e. The number of halogens is 3. The molecule has 2 rings (SSSR count). The van der Waals surface area contributed by atoms with Crippen LogP contribution in [0.1, 0.15) is 15.9 Å². The van der Waals surface area contributed by atoms with Crippen molar-refractivity contribution in [2.24, 2.45) is 0 Å². The molecule has 0 aliphatic heterocycles. The summed E-state index contributed by atoms with van der Waals surface area (Å²) in [6, 6.07) is 6.53. The van der Waals surface area contributed by atoms with E-state index in [0.29, 0.717) is 5.69 Å². The number of aryl methyl sites for hydroxylation is 1. The molecule has 0 spiro atoms. The number of hydrogen-bond acceptors (Lipinski definition) is 2. The van der Waals surface area contributed by atoms with E-state index in [1.807, 2.05) is 19.1 Å². The summed E-state index contributed by atoms with van der Waals surface area (Å²) in [7, 11) is 0. The van der Waals surface area contributed by atoms with Crippen LogP contribution >= 0.6 is 22.6 Å². The van der Waals surface area contributed by atoms with Gasteiger partial charge >= 0.3 is 0 Å². The van der Waals surface area contributed by atoms with Gasteiger partial charge in [-0.1, -0.05) is 0 Å². The first kappa shape index (κ1) is 13.9. The summed E-state index contributed by atoms with van der Waals surface area (Å²) < 4.78 is 27.4. The van der Waals surface area contributed by atoms with E-state index in [1.165, 1.54) is 0 Å². The maximum atomic E-state index is 13.4. The molecule has 3 nitrogen and oxygen atoms in total. The van der Waals surface area contributed by atoms with E-state index in [9.17, 15) is 13.6 Å². The molecule has 0 aliphatic rings. The Morgan fingerprint density at radius 1 is 1.32 bits per heavy atom. The highest BCUT2D eigenvalue weighted by Crippen LogP contribution is 2.19. The summed E-state index contributed by atoms with van der Waals surface area (Å²) in [5.41, 5.74) is 1.03. The van der Waals surface area contributed by atoms with Crippen LogP contribution in [0.2, 0.25) is 0 Å². The van der Waals surface area contributed by atoms with Gasteiger partial charge in [0, 0.05) is 15.5 Å². The van der Waals surface area contributed by atoms with Crippen LogP contribution in [0.15, 0.2) is 30.5 Å². The highest BCUT2D eigenvalue weighted by atomic mass is 127. The van der Waals surface area contributed by atoms with Crippen LogP contribution in [0.5, 0.6) is 0 Å². The first-order chi connectivity index (χ1) is 8.99. The van der Waals surface area contributed by atoms with Gasteiger partial charge in [-0.15, -0.1) is 0 Å². The molecule has 0 radical (unpaired) electrons. The van der Waals surface area contributed by atoms with Gasteiger partial charge in [0.05, 0.1) is 5.56 Å². The number of hydrogen-bond donors (Lipinski definition) is 1. The highest BCUT2D eigenvalue weighted by molar-refractivity contribution is 14.1. The minimum Gasteiger partial charge on any atom is -0.322 e. The van der Waals surface area contributed by atoms with E-state index in [-0.39, 0.29) is 5.56 Å². The Morgan fingerprint density at radius 2 is 2.05 bits per heavy atom. The summed E-state index contributed by atoms with van der Waals surface area (Å²) in [4.78, 5) is 15.0. The zero-order valence-corrected chi connectivity index (χ0v) is 12.0.